The van der Waals surface area contributed by atoms with Crippen LogP contribution in [0.15, 0.2) is 54.6 Å². The van der Waals surface area contributed by atoms with Gasteiger partial charge in [-0.05, 0) is 24.3 Å². The largest absolute Gasteiger partial charge is 0.497 e. The third-order valence-electron chi connectivity index (χ3n) is 3.39. The first-order valence-electron chi connectivity index (χ1n) is 6.60. The van der Waals surface area contributed by atoms with Gasteiger partial charge in [0.15, 0.2) is 0 Å². The summed E-state index contributed by atoms with van der Waals surface area (Å²) in [4.78, 5) is 4.34. The third kappa shape index (κ3) is 2.62. The second-order valence-corrected chi connectivity index (χ2v) is 4.80. The van der Waals surface area contributed by atoms with Crippen LogP contribution in [0, 0.1) is 0 Å². The Morgan fingerprint density at radius 1 is 0.955 bits per heavy atom. The minimum Gasteiger partial charge on any atom is -0.497 e. The SMILES string of the molecule is COc1ccc2nc(-c3ccccc3)cc(C(F)(F)F)c2c1. The van der Waals surface area contributed by atoms with E-state index in [2.05, 4.69) is 4.98 Å². The van der Waals surface area contributed by atoms with Crippen LogP contribution in [0.4, 0.5) is 13.2 Å². The summed E-state index contributed by atoms with van der Waals surface area (Å²) >= 11 is 0. The van der Waals surface area contributed by atoms with Gasteiger partial charge in [0.1, 0.15) is 5.75 Å². The third-order valence-corrected chi connectivity index (χ3v) is 3.39. The van der Waals surface area contributed by atoms with Crippen LogP contribution < -0.4 is 4.74 Å². The smallest absolute Gasteiger partial charge is 0.417 e. The van der Waals surface area contributed by atoms with E-state index in [1.54, 1.807) is 36.4 Å². The number of nitrogens with zero attached hydrogens (tertiary/aromatic N) is 1. The number of benzene rings is 2. The van der Waals surface area contributed by atoms with E-state index in [4.69, 9.17) is 4.74 Å². The van der Waals surface area contributed by atoms with Gasteiger partial charge in [-0.15, -0.1) is 0 Å². The lowest BCUT2D eigenvalue weighted by Crippen LogP contribution is -2.07. The molecule has 2 nitrogen and oxygen atoms in total. The predicted octanol–water partition coefficient (Wildman–Crippen LogP) is 4.93. The van der Waals surface area contributed by atoms with Gasteiger partial charge in [-0.2, -0.15) is 13.2 Å². The average Bonchev–Trinajstić information content (AvgIpc) is 2.53. The van der Waals surface area contributed by atoms with Crippen LogP contribution in [0.3, 0.4) is 0 Å². The molecule has 0 aliphatic carbocycles. The molecule has 0 aliphatic rings. The van der Waals surface area contributed by atoms with Gasteiger partial charge in [-0.1, -0.05) is 30.3 Å². The van der Waals surface area contributed by atoms with E-state index in [0.29, 0.717) is 17.0 Å². The number of ether oxygens (including phenoxy) is 1. The molecule has 0 amide bonds. The number of aromatic nitrogens is 1. The average molecular weight is 303 g/mol. The van der Waals surface area contributed by atoms with Crippen molar-refractivity contribution >= 4 is 10.9 Å². The van der Waals surface area contributed by atoms with Crippen molar-refractivity contribution in [3.63, 3.8) is 0 Å². The van der Waals surface area contributed by atoms with E-state index in [0.717, 1.165) is 6.07 Å². The van der Waals surface area contributed by atoms with Gasteiger partial charge in [0, 0.05) is 10.9 Å². The minimum absolute atomic E-state index is 0.0338. The molecule has 0 bridgehead atoms. The summed E-state index contributed by atoms with van der Waals surface area (Å²) in [6.07, 6.45) is -4.46. The summed E-state index contributed by atoms with van der Waals surface area (Å²) in [5.41, 5.74) is 0.515. The van der Waals surface area contributed by atoms with Crippen molar-refractivity contribution in [2.24, 2.45) is 0 Å². The first-order valence-corrected chi connectivity index (χ1v) is 6.60. The second kappa shape index (κ2) is 5.33. The molecule has 0 unspecified atom stereocenters. The fourth-order valence-electron chi connectivity index (χ4n) is 2.32. The molecule has 0 aliphatic heterocycles. The molecule has 0 atom stereocenters. The topological polar surface area (TPSA) is 22.1 Å². The molecular formula is C17H12F3NO. The molecule has 0 spiro atoms. The molecule has 0 fully saturated rings. The lowest BCUT2D eigenvalue weighted by Gasteiger charge is -2.13. The van der Waals surface area contributed by atoms with Gasteiger partial charge >= 0.3 is 6.18 Å². The molecule has 0 radical (unpaired) electrons. The summed E-state index contributed by atoms with van der Waals surface area (Å²) in [5.74, 6) is 0.368. The first-order chi connectivity index (χ1) is 10.5. The van der Waals surface area contributed by atoms with Crippen LogP contribution >= 0.6 is 0 Å². The maximum Gasteiger partial charge on any atom is 0.417 e. The Morgan fingerprint density at radius 2 is 1.68 bits per heavy atom. The normalized spacial score (nSPS) is 11.6. The molecule has 0 N–H and O–H groups in total. The van der Waals surface area contributed by atoms with E-state index in [-0.39, 0.29) is 10.9 Å². The highest BCUT2D eigenvalue weighted by Crippen LogP contribution is 2.37. The number of pyridine rings is 1. The first kappa shape index (κ1) is 14.4. The van der Waals surface area contributed by atoms with Gasteiger partial charge < -0.3 is 4.74 Å². The number of rotatable bonds is 2. The summed E-state index contributed by atoms with van der Waals surface area (Å²) in [5, 5.41) is 0.0338. The Balaban J connectivity index is 2.30. The van der Waals surface area contributed by atoms with E-state index in [1.807, 2.05) is 0 Å². The van der Waals surface area contributed by atoms with E-state index < -0.39 is 11.7 Å². The van der Waals surface area contributed by atoms with Crippen LogP contribution in [-0.4, -0.2) is 12.1 Å². The summed E-state index contributed by atoms with van der Waals surface area (Å²) < 4.78 is 45.2. The van der Waals surface area contributed by atoms with Crippen molar-refractivity contribution in [3.8, 4) is 17.0 Å². The molecular weight excluding hydrogens is 291 g/mol. The van der Waals surface area contributed by atoms with Crippen LogP contribution in [0.25, 0.3) is 22.2 Å². The highest BCUT2D eigenvalue weighted by molar-refractivity contribution is 5.87. The van der Waals surface area contributed by atoms with Crippen molar-refractivity contribution in [1.82, 2.24) is 4.98 Å². The number of methoxy groups -OCH3 is 1. The quantitative estimate of drug-likeness (QED) is 0.669. The molecule has 2 aromatic carbocycles. The predicted molar refractivity (Wildman–Crippen MR) is 78.7 cm³/mol. The number of halogens is 3. The van der Waals surface area contributed by atoms with Gasteiger partial charge in [0.25, 0.3) is 0 Å². The molecule has 22 heavy (non-hydrogen) atoms. The van der Waals surface area contributed by atoms with E-state index in [1.165, 1.54) is 19.2 Å². The standard InChI is InChI=1S/C17H12F3NO/c1-22-12-7-8-15-13(9-12)14(17(18,19)20)10-16(21-15)11-5-3-2-4-6-11/h2-10H,1H3. The summed E-state index contributed by atoms with van der Waals surface area (Å²) in [6.45, 7) is 0. The van der Waals surface area contributed by atoms with Crippen molar-refractivity contribution in [1.29, 1.82) is 0 Å². The van der Waals surface area contributed by atoms with Crippen molar-refractivity contribution in [2.75, 3.05) is 7.11 Å². The lowest BCUT2D eigenvalue weighted by molar-refractivity contribution is -0.136. The summed E-state index contributed by atoms with van der Waals surface area (Å²) in [6, 6.07) is 14.4. The van der Waals surface area contributed by atoms with Gasteiger partial charge in [-0.25, -0.2) is 4.98 Å². The maximum absolute atomic E-state index is 13.4. The zero-order chi connectivity index (χ0) is 15.7. The Morgan fingerprint density at radius 3 is 2.32 bits per heavy atom. The van der Waals surface area contributed by atoms with Crippen molar-refractivity contribution in [3.05, 3.63) is 60.2 Å². The van der Waals surface area contributed by atoms with Gasteiger partial charge in [0.05, 0.1) is 23.9 Å². The zero-order valence-corrected chi connectivity index (χ0v) is 11.7. The molecule has 3 rings (SSSR count). The highest BCUT2D eigenvalue weighted by Gasteiger charge is 2.33. The fraction of sp³-hybridized carbons (Fsp3) is 0.118. The zero-order valence-electron chi connectivity index (χ0n) is 11.7. The van der Waals surface area contributed by atoms with Crippen LogP contribution in [0.1, 0.15) is 5.56 Å². The van der Waals surface area contributed by atoms with Crippen molar-refractivity contribution < 1.29 is 17.9 Å². The molecule has 112 valence electrons. The minimum atomic E-state index is -4.46. The van der Waals surface area contributed by atoms with E-state index >= 15 is 0 Å². The Bertz CT molecular complexity index is 813. The lowest BCUT2D eigenvalue weighted by atomic mass is 10.0. The number of fused-ring (bicyclic) bond motifs is 1. The molecule has 3 aromatic rings. The van der Waals surface area contributed by atoms with Gasteiger partial charge in [-0.3, -0.25) is 0 Å². The summed E-state index contributed by atoms with van der Waals surface area (Å²) in [7, 11) is 1.42. The van der Waals surface area contributed by atoms with Crippen LogP contribution in [0.5, 0.6) is 5.75 Å². The molecule has 1 heterocycles. The van der Waals surface area contributed by atoms with Crippen LogP contribution in [-0.2, 0) is 6.18 Å². The maximum atomic E-state index is 13.4. The van der Waals surface area contributed by atoms with E-state index in [9.17, 15) is 13.2 Å². The Kier molecular flexibility index (Phi) is 3.48. The second-order valence-electron chi connectivity index (χ2n) is 4.80. The monoisotopic (exact) mass is 303 g/mol. The number of hydrogen-bond acceptors (Lipinski definition) is 2. The Hall–Kier alpha value is -2.56. The number of hydrogen-bond donors (Lipinski definition) is 0. The number of alkyl halides is 3. The molecule has 5 heteroatoms. The Labute approximate surface area is 125 Å². The molecule has 0 saturated carbocycles. The van der Waals surface area contributed by atoms with Crippen molar-refractivity contribution in [2.45, 2.75) is 6.18 Å². The van der Waals surface area contributed by atoms with Gasteiger partial charge in [0.2, 0.25) is 0 Å². The van der Waals surface area contributed by atoms with Crippen LogP contribution in [0.2, 0.25) is 0 Å². The fourth-order valence-corrected chi connectivity index (χ4v) is 2.32. The molecule has 1 aromatic heterocycles. The highest BCUT2D eigenvalue weighted by atomic mass is 19.4. The molecule has 0 saturated heterocycles.